The molecular weight excluding hydrogens is 443 g/mol. The Morgan fingerprint density at radius 1 is 1.31 bits per heavy atom. The number of carbonyl (C=O) groups is 1. The zero-order chi connectivity index (χ0) is 18.4. The zero-order valence-electron chi connectivity index (χ0n) is 16.5. The minimum Gasteiger partial charge on any atom is -0.444 e. The number of piperidine rings is 1. The van der Waals surface area contributed by atoms with E-state index in [4.69, 9.17) is 11.2 Å². The minimum atomic E-state index is -0.458. The largest absolute Gasteiger partial charge is 0.444 e. The quantitative estimate of drug-likeness (QED) is 0.294. The zero-order valence-corrected chi connectivity index (χ0v) is 18.8. The van der Waals surface area contributed by atoms with Gasteiger partial charge in [0, 0.05) is 32.7 Å². The monoisotopic (exact) mass is 476 g/mol. The fraction of sp³-hybridized carbons (Fsp3) is 0.789. The number of ether oxygens (including phenoxy) is 1. The van der Waals surface area contributed by atoms with Crippen molar-refractivity contribution in [3.8, 4) is 12.3 Å². The van der Waals surface area contributed by atoms with E-state index in [1.165, 1.54) is 12.8 Å². The van der Waals surface area contributed by atoms with Crippen LogP contribution in [0.1, 0.15) is 46.5 Å². The SMILES string of the molecule is C#CCNC(=NC)N1CCC(N(CC2CC2)C(=O)OC(C)(C)C)CC1.I. The van der Waals surface area contributed by atoms with Gasteiger partial charge in [0.2, 0.25) is 0 Å². The number of amides is 1. The van der Waals surface area contributed by atoms with Gasteiger partial charge in [-0.25, -0.2) is 4.79 Å². The van der Waals surface area contributed by atoms with E-state index in [0.717, 1.165) is 38.4 Å². The molecule has 0 atom stereocenters. The number of halogens is 1. The van der Waals surface area contributed by atoms with Crippen molar-refractivity contribution in [2.75, 3.05) is 33.2 Å². The molecule has 1 saturated carbocycles. The van der Waals surface area contributed by atoms with E-state index in [9.17, 15) is 4.79 Å². The number of hydrogen-bond acceptors (Lipinski definition) is 3. The van der Waals surface area contributed by atoms with Gasteiger partial charge in [-0.1, -0.05) is 5.92 Å². The lowest BCUT2D eigenvalue weighted by atomic mass is 10.0. The standard InChI is InChI=1S/C19H32N4O2.HI/c1-6-11-21-17(20-5)22-12-9-16(10-13-22)23(14-15-7-8-15)18(24)25-19(2,3)4;/h1,15-16H,7-14H2,2-5H3,(H,20,21);1H. The van der Waals surface area contributed by atoms with Crippen molar-refractivity contribution in [2.24, 2.45) is 10.9 Å². The molecular formula is C19H33IN4O2. The van der Waals surface area contributed by atoms with E-state index < -0.39 is 5.60 Å². The molecule has 0 unspecified atom stereocenters. The van der Waals surface area contributed by atoms with Gasteiger partial charge in [0.05, 0.1) is 6.54 Å². The van der Waals surface area contributed by atoms with E-state index in [1.807, 2.05) is 25.7 Å². The Hall–Kier alpha value is -1.17. The molecule has 2 rings (SSSR count). The Morgan fingerprint density at radius 2 is 1.92 bits per heavy atom. The average Bonchev–Trinajstić information content (AvgIpc) is 3.36. The van der Waals surface area contributed by atoms with E-state index in [1.54, 1.807) is 7.05 Å². The fourth-order valence-electron chi connectivity index (χ4n) is 3.12. The molecule has 1 N–H and O–H groups in total. The topological polar surface area (TPSA) is 57.2 Å². The van der Waals surface area contributed by atoms with Crippen molar-refractivity contribution in [2.45, 2.75) is 58.1 Å². The molecule has 1 heterocycles. The van der Waals surface area contributed by atoms with Crippen LogP contribution in [-0.2, 0) is 4.74 Å². The summed E-state index contributed by atoms with van der Waals surface area (Å²) in [7, 11) is 1.77. The molecule has 0 spiro atoms. The molecule has 1 aliphatic heterocycles. The lowest BCUT2D eigenvalue weighted by Crippen LogP contribution is -2.52. The summed E-state index contributed by atoms with van der Waals surface area (Å²) in [4.78, 5) is 21.1. The summed E-state index contributed by atoms with van der Waals surface area (Å²) in [6, 6.07) is 0.234. The Labute approximate surface area is 175 Å². The van der Waals surface area contributed by atoms with Crippen LogP contribution in [0.3, 0.4) is 0 Å². The van der Waals surface area contributed by atoms with Gasteiger partial charge < -0.3 is 19.9 Å². The molecule has 0 bridgehead atoms. The maximum absolute atomic E-state index is 12.7. The molecule has 0 aromatic rings. The second kappa shape index (κ2) is 10.2. The Morgan fingerprint density at radius 3 is 2.38 bits per heavy atom. The third-order valence-corrected chi connectivity index (χ3v) is 4.54. The number of nitrogens with zero attached hydrogens (tertiary/aromatic N) is 3. The third-order valence-electron chi connectivity index (χ3n) is 4.54. The first-order valence-corrected chi connectivity index (χ1v) is 9.22. The molecule has 6 nitrogen and oxygen atoms in total. The van der Waals surface area contributed by atoms with Gasteiger partial charge in [0.1, 0.15) is 5.60 Å². The first-order chi connectivity index (χ1) is 11.8. The van der Waals surface area contributed by atoms with Crippen LogP contribution in [0.25, 0.3) is 0 Å². The molecule has 0 radical (unpaired) electrons. The maximum atomic E-state index is 12.7. The molecule has 0 aromatic heterocycles. The second-order valence-electron chi connectivity index (χ2n) is 7.90. The van der Waals surface area contributed by atoms with Gasteiger partial charge in [-0.05, 0) is 52.4 Å². The van der Waals surface area contributed by atoms with Crippen LogP contribution in [0.2, 0.25) is 0 Å². The molecule has 26 heavy (non-hydrogen) atoms. The highest BCUT2D eigenvalue weighted by Gasteiger charge is 2.35. The van der Waals surface area contributed by atoms with Gasteiger partial charge in [-0.3, -0.25) is 4.99 Å². The van der Waals surface area contributed by atoms with Crippen LogP contribution in [0, 0.1) is 18.3 Å². The molecule has 0 aromatic carbocycles. The normalized spacial score (nSPS) is 18.6. The van der Waals surface area contributed by atoms with Gasteiger partial charge in [-0.2, -0.15) is 0 Å². The fourth-order valence-corrected chi connectivity index (χ4v) is 3.12. The van der Waals surface area contributed by atoms with E-state index >= 15 is 0 Å². The number of hydrogen-bond donors (Lipinski definition) is 1. The highest BCUT2D eigenvalue weighted by atomic mass is 127. The number of terminal acetylenes is 1. The van der Waals surface area contributed by atoms with Gasteiger partial charge >= 0.3 is 6.09 Å². The summed E-state index contributed by atoms with van der Waals surface area (Å²) in [5.74, 6) is 4.06. The summed E-state index contributed by atoms with van der Waals surface area (Å²) in [5.41, 5.74) is -0.458. The Balaban J connectivity index is 0.00000338. The van der Waals surface area contributed by atoms with Crippen LogP contribution >= 0.6 is 24.0 Å². The van der Waals surface area contributed by atoms with Crippen LogP contribution in [0.5, 0.6) is 0 Å². The number of guanidine groups is 1. The second-order valence-corrected chi connectivity index (χ2v) is 7.90. The highest BCUT2D eigenvalue weighted by molar-refractivity contribution is 14.0. The number of carbonyl (C=O) groups excluding carboxylic acids is 1. The van der Waals surface area contributed by atoms with Crippen molar-refractivity contribution in [1.29, 1.82) is 0 Å². The molecule has 1 saturated heterocycles. The first-order valence-electron chi connectivity index (χ1n) is 9.22. The summed E-state index contributed by atoms with van der Waals surface area (Å²) < 4.78 is 5.65. The number of likely N-dealkylation sites (tertiary alicyclic amines) is 1. The van der Waals surface area contributed by atoms with E-state index in [0.29, 0.717) is 12.5 Å². The van der Waals surface area contributed by atoms with Gasteiger partial charge in [0.15, 0.2) is 5.96 Å². The lowest BCUT2D eigenvalue weighted by Gasteiger charge is -2.40. The highest BCUT2D eigenvalue weighted by Crippen LogP contribution is 2.32. The van der Waals surface area contributed by atoms with Crippen molar-refractivity contribution < 1.29 is 9.53 Å². The molecule has 2 fully saturated rings. The van der Waals surface area contributed by atoms with Crippen molar-refractivity contribution in [3.05, 3.63) is 0 Å². The van der Waals surface area contributed by atoms with E-state index in [-0.39, 0.29) is 36.1 Å². The van der Waals surface area contributed by atoms with Crippen molar-refractivity contribution >= 4 is 36.0 Å². The molecule has 1 aliphatic carbocycles. The van der Waals surface area contributed by atoms with Crippen LogP contribution < -0.4 is 5.32 Å². The molecule has 148 valence electrons. The van der Waals surface area contributed by atoms with Crippen molar-refractivity contribution in [3.63, 3.8) is 0 Å². The van der Waals surface area contributed by atoms with Gasteiger partial charge in [0.25, 0.3) is 0 Å². The smallest absolute Gasteiger partial charge is 0.410 e. The number of nitrogens with one attached hydrogen (secondary N) is 1. The molecule has 7 heteroatoms. The Kier molecular flexibility index (Phi) is 9.01. The summed E-state index contributed by atoms with van der Waals surface area (Å²) in [6.45, 7) is 8.78. The first kappa shape index (κ1) is 22.9. The van der Waals surface area contributed by atoms with Crippen LogP contribution in [0.4, 0.5) is 4.79 Å². The predicted molar refractivity (Wildman–Crippen MR) is 116 cm³/mol. The van der Waals surface area contributed by atoms with Crippen LogP contribution in [0.15, 0.2) is 4.99 Å². The van der Waals surface area contributed by atoms with Crippen molar-refractivity contribution in [1.82, 2.24) is 15.1 Å². The molecule has 1 amide bonds. The van der Waals surface area contributed by atoms with Gasteiger partial charge in [-0.15, -0.1) is 30.4 Å². The minimum absolute atomic E-state index is 0. The number of rotatable bonds is 4. The average molecular weight is 476 g/mol. The summed E-state index contributed by atoms with van der Waals surface area (Å²) in [6.07, 6.45) is 9.43. The third kappa shape index (κ3) is 7.22. The predicted octanol–water partition coefficient (Wildman–Crippen LogP) is 2.92. The molecule has 2 aliphatic rings. The summed E-state index contributed by atoms with van der Waals surface area (Å²) in [5, 5.41) is 3.16. The van der Waals surface area contributed by atoms with Crippen LogP contribution in [-0.4, -0.2) is 66.7 Å². The maximum Gasteiger partial charge on any atom is 0.410 e. The Bertz CT molecular complexity index is 527. The lowest BCUT2D eigenvalue weighted by molar-refractivity contribution is 0.00929. The summed E-state index contributed by atoms with van der Waals surface area (Å²) >= 11 is 0. The number of aliphatic imine (C=N–C) groups is 1. The van der Waals surface area contributed by atoms with E-state index in [2.05, 4.69) is 21.1 Å².